The minimum absolute atomic E-state index is 0.00510. The van der Waals surface area contributed by atoms with Gasteiger partial charge < -0.3 is 83.9 Å². The second-order valence-corrected chi connectivity index (χ2v) is 24.1. The van der Waals surface area contributed by atoms with Crippen LogP contribution in [0.5, 0.6) is 0 Å². The Morgan fingerprint density at radius 2 is 1.30 bits per heavy atom. The number of ether oxygens (including phenoxy) is 8. The number of hydrogen-bond acceptors (Lipinski definition) is 20. The van der Waals surface area contributed by atoms with Crippen molar-refractivity contribution in [2.75, 3.05) is 26.4 Å². The molecule has 8 aliphatic rings. The summed E-state index contributed by atoms with van der Waals surface area (Å²) in [5, 5.41) is 95.9. The molecule has 3 heterocycles. The Morgan fingerprint density at radius 3 is 1.94 bits per heavy atom. The summed E-state index contributed by atoms with van der Waals surface area (Å²) in [6.45, 7) is 14.3. The van der Waals surface area contributed by atoms with Gasteiger partial charge in [0.25, 0.3) is 0 Å². The highest BCUT2D eigenvalue weighted by Gasteiger charge is 2.70. The molecule has 3 aliphatic heterocycles. The molecule has 404 valence electrons. The molecule has 7 fully saturated rings. The van der Waals surface area contributed by atoms with E-state index >= 15 is 4.79 Å². The molecule has 0 aromatic carbocycles. The molecule has 0 aromatic heterocycles. The van der Waals surface area contributed by atoms with Gasteiger partial charge in [-0.2, -0.15) is 0 Å². The van der Waals surface area contributed by atoms with Gasteiger partial charge in [0.1, 0.15) is 54.9 Å². The maximum Gasteiger partial charge on any atom is 0.315 e. The molecule has 0 unspecified atom stereocenters. The van der Waals surface area contributed by atoms with Gasteiger partial charge in [0, 0.05) is 19.3 Å². The summed E-state index contributed by atoms with van der Waals surface area (Å²) >= 11 is 0. The summed E-state index contributed by atoms with van der Waals surface area (Å²) in [6.07, 6.45) is -12.7. The van der Waals surface area contributed by atoms with Crippen LogP contribution in [0.1, 0.15) is 120 Å². The number of carbonyl (C=O) groups is 3. The lowest BCUT2D eigenvalue weighted by Gasteiger charge is -2.71. The maximum atomic E-state index is 15.0. The normalized spacial score (nSPS) is 50.5. The van der Waals surface area contributed by atoms with Crippen LogP contribution in [-0.4, -0.2) is 182 Å². The Labute approximate surface area is 415 Å². The highest BCUT2D eigenvalue weighted by Crippen LogP contribution is 2.76. The van der Waals surface area contributed by atoms with Gasteiger partial charge >= 0.3 is 17.9 Å². The van der Waals surface area contributed by atoms with Gasteiger partial charge in [-0.15, -0.1) is 0 Å². The third kappa shape index (κ3) is 9.22. The van der Waals surface area contributed by atoms with E-state index in [1.54, 1.807) is 0 Å². The van der Waals surface area contributed by atoms with Gasteiger partial charge in [-0.05, 0) is 104 Å². The van der Waals surface area contributed by atoms with Crippen LogP contribution in [0.25, 0.3) is 0 Å². The summed E-state index contributed by atoms with van der Waals surface area (Å²) in [5.74, 6) is -1.96. The van der Waals surface area contributed by atoms with Crippen molar-refractivity contribution in [1.82, 2.24) is 0 Å². The topological polar surface area (TPSA) is 307 Å². The second kappa shape index (κ2) is 19.9. The number of fused-ring (bicyclic) bond motifs is 7. The molecule has 9 N–H and O–H groups in total. The second-order valence-electron chi connectivity index (χ2n) is 24.1. The summed E-state index contributed by atoms with van der Waals surface area (Å²) in [5.41, 5.74) is -1.52. The third-order valence-electron chi connectivity index (χ3n) is 19.6. The molecule has 3 saturated heterocycles. The Balaban J connectivity index is 1.02. The van der Waals surface area contributed by atoms with Crippen LogP contribution >= 0.6 is 0 Å². The molecule has 20 nitrogen and oxygen atoms in total. The minimum Gasteiger partial charge on any atom is -0.455 e. The summed E-state index contributed by atoms with van der Waals surface area (Å²) in [6, 6.07) is 0. The van der Waals surface area contributed by atoms with E-state index in [0.717, 1.165) is 32.1 Å². The Bertz CT molecular complexity index is 2000. The molecule has 0 spiro atoms. The number of carbonyl (C=O) groups excluding carboxylic acids is 3. The maximum absolute atomic E-state index is 15.0. The first-order valence-electron chi connectivity index (χ1n) is 25.7. The lowest BCUT2D eigenvalue weighted by molar-refractivity contribution is -0.328. The van der Waals surface area contributed by atoms with E-state index in [9.17, 15) is 55.5 Å². The van der Waals surface area contributed by atoms with E-state index in [1.807, 2.05) is 6.92 Å². The number of aliphatic hydroxyl groups excluding tert-OH is 9. The van der Waals surface area contributed by atoms with Gasteiger partial charge in [-0.25, -0.2) is 0 Å². The zero-order chi connectivity index (χ0) is 52.0. The fourth-order valence-electron chi connectivity index (χ4n) is 15.3. The van der Waals surface area contributed by atoms with Crippen molar-refractivity contribution in [2.24, 2.45) is 50.2 Å². The minimum atomic E-state index is -1.83. The number of aliphatic hydroxyl groups is 9. The van der Waals surface area contributed by atoms with E-state index in [0.29, 0.717) is 32.1 Å². The van der Waals surface area contributed by atoms with Crippen LogP contribution in [0.3, 0.4) is 0 Å². The molecule has 0 aromatic rings. The van der Waals surface area contributed by atoms with Gasteiger partial charge in [-0.3, -0.25) is 14.4 Å². The summed E-state index contributed by atoms with van der Waals surface area (Å²) in [7, 11) is 0. The lowest BCUT2D eigenvalue weighted by atomic mass is 9.33. The average molecular weight is 1010 g/mol. The molecule has 71 heavy (non-hydrogen) atoms. The third-order valence-corrected chi connectivity index (χ3v) is 19.6. The fourth-order valence-corrected chi connectivity index (χ4v) is 15.3. The molecule has 0 amide bonds. The van der Waals surface area contributed by atoms with Crippen LogP contribution in [0.4, 0.5) is 0 Å². The largest absolute Gasteiger partial charge is 0.455 e. The van der Waals surface area contributed by atoms with Gasteiger partial charge in [0.15, 0.2) is 24.8 Å². The predicted octanol–water partition coefficient (Wildman–Crippen LogP) is 0.894. The first kappa shape index (κ1) is 54.8. The molecular weight excluding hydrogens is 933 g/mol. The molecule has 8 rings (SSSR count). The highest BCUT2D eigenvalue weighted by atomic mass is 16.7. The Hall–Kier alpha value is -2.41. The molecular formula is C51H80O20. The molecule has 23 atom stereocenters. The SMILES string of the molecule is CC(=O)O[C@@H]1[C@@H](OC(C)=O)[C@H](O[C@H]2CC[C@@]3(C)[C@@H](CC[C@]4(C)[C@@H]3CC=C3[C@@H]5CC(C)(C)CC[C@]5(C(=O)O[C@@H]5O[C@H](CO[C@@H]6O[C@H](CO)[C@@H](O)[C@H](O)[C@H]6O)[C@@H](O)[C@H](O)[C@H]5O)CC[C@]34C)[C@]2(C)CO)OC[C@@H]1O. The fraction of sp³-hybridized carbons (Fsp3) is 0.902. The smallest absolute Gasteiger partial charge is 0.315 e. The molecule has 5 aliphatic carbocycles. The standard InChI is InChI=1S/C51H80O20/c1-24(54)66-40-28(56)21-64-44(41(40)67-25(2)55)70-33-12-13-47(5)31(48(33,6)23-53)11-14-50(8)32(47)10-9-26-27-19-46(3,4)15-17-51(27,18-16-49(26,50)7)45(63)71-43-39(62)37(60)35(58)30(69-43)22-65-42-38(61)36(59)34(57)29(20-52)68-42/h9,27-44,52-53,56-62H,10-23H2,1-8H3/t27-,28-,29+,30+,31+,32+,33-,34+,35+,36-,37-,38+,39+,40-,41+,42+,43-,44-,47-,48-,49+,50+,51-/m0/s1. The van der Waals surface area contributed by atoms with Crippen molar-refractivity contribution >= 4 is 17.9 Å². The number of allylic oxidation sites excluding steroid dienone is 2. The van der Waals surface area contributed by atoms with Crippen LogP contribution < -0.4 is 0 Å². The van der Waals surface area contributed by atoms with Crippen LogP contribution in [0, 0.1) is 50.2 Å². The van der Waals surface area contributed by atoms with Crippen LogP contribution in [-0.2, 0) is 52.3 Å². The average Bonchev–Trinajstić information content (AvgIpc) is 3.31. The first-order chi connectivity index (χ1) is 33.2. The molecule has 20 heteroatoms. The number of rotatable bonds is 11. The molecule has 0 bridgehead atoms. The predicted molar refractivity (Wildman–Crippen MR) is 245 cm³/mol. The van der Waals surface area contributed by atoms with Crippen molar-refractivity contribution < 1.29 is 98.2 Å². The first-order valence-corrected chi connectivity index (χ1v) is 25.7. The Kier molecular flexibility index (Phi) is 15.4. The van der Waals surface area contributed by atoms with Crippen LogP contribution in [0.2, 0.25) is 0 Å². The Morgan fingerprint density at radius 1 is 0.676 bits per heavy atom. The van der Waals surface area contributed by atoms with Crippen molar-refractivity contribution in [3.05, 3.63) is 11.6 Å². The molecule has 4 saturated carbocycles. The van der Waals surface area contributed by atoms with Gasteiger partial charge in [-0.1, -0.05) is 53.2 Å². The summed E-state index contributed by atoms with van der Waals surface area (Å²) in [4.78, 5) is 39.4. The van der Waals surface area contributed by atoms with E-state index in [1.165, 1.54) is 19.4 Å². The monoisotopic (exact) mass is 1010 g/mol. The van der Waals surface area contributed by atoms with Gasteiger partial charge in [0.2, 0.25) is 6.29 Å². The van der Waals surface area contributed by atoms with E-state index in [2.05, 4.69) is 40.7 Å². The van der Waals surface area contributed by atoms with Crippen molar-refractivity contribution in [1.29, 1.82) is 0 Å². The van der Waals surface area contributed by atoms with E-state index in [4.69, 9.17) is 37.9 Å². The highest BCUT2D eigenvalue weighted by molar-refractivity contribution is 5.79. The van der Waals surface area contributed by atoms with Crippen molar-refractivity contribution in [3.63, 3.8) is 0 Å². The number of esters is 3. The zero-order valence-electron chi connectivity index (χ0n) is 42.4. The zero-order valence-corrected chi connectivity index (χ0v) is 42.4. The number of hydrogen-bond donors (Lipinski definition) is 9. The lowest BCUT2D eigenvalue weighted by Crippen LogP contribution is -2.67. The van der Waals surface area contributed by atoms with Crippen molar-refractivity contribution in [3.8, 4) is 0 Å². The molecule has 0 radical (unpaired) electrons. The van der Waals surface area contributed by atoms with E-state index in [-0.39, 0.29) is 52.6 Å². The van der Waals surface area contributed by atoms with Gasteiger partial charge in [0.05, 0.1) is 37.9 Å². The van der Waals surface area contributed by atoms with Crippen LogP contribution in [0.15, 0.2) is 11.6 Å². The van der Waals surface area contributed by atoms with Crippen molar-refractivity contribution in [2.45, 2.75) is 212 Å². The summed E-state index contributed by atoms with van der Waals surface area (Å²) < 4.78 is 46.8. The quantitative estimate of drug-likeness (QED) is 0.0601. The van der Waals surface area contributed by atoms with E-state index < -0.39 is 134 Å².